The molecule has 0 aromatic heterocycles. The fourth-order valence-electron chi connectivity index (χ4n) is 5.08. The van der Waals surface area contributed by atoms with E-state index in [2.05, 4.69) is 0 Å². The standard InChI is InChI=1S/C27H30O7/c1-4-33-25(30)27(26(31)34-5-2)17-20(16-21(28)32-3)22(23(27)18-12-8-6-9-13-18)24(29)19-14-10-7-11-15-19/h6-15,20,22-23H,4-5,16-17H2,1-3H3/t20-,22+,23+/m0/s1. The molecule has 0 amide bonds. The largest absolute Gasteiger partial charge is 0.469 e. The summed E-state index contributed by atoms with van der Waals surface area (Å²) >= 11 is 0. The van der Waals surface area contributed by atoms with Gasteiger partial charge in [-0.3, -0.25) is 19.2 Å². The van der Waals surface area contributed by atoms with Gasteiger partial charge in [0.1, 0.15) is 0 Å². The third-order valence-corrected chi connectivity index (χ3v) is 6.44. The van der Waals surface area contributed by atoms with E-state index in [-0.39, 0.29) is 31.8 Å². The van der Waals surface area contributed by atoms with E-state index in [1.165, 1.54) is 7.11 Å². The van der Waals surface area contributed by atoms with Crippen LogP contribution in [0.5, 0.6) is 0 Å². The van der Waals surface area contributed by atoms with Gasteiger partial charge in [0.15, 0.2) is 11.2 Å². The molecule has 7 heteroatoms. The van der Waals surface area contributed by atoms with Crippen LogP contribution in [0.3, 0.4) is 0 Å². The number of hydrogen-bond acceptors (Lipinski definition) is 7. The first-order valence-electron chi connectivity index (χ1n) is 11.5. The molecule has 34 heavy (non-hydrogen) atoms. The minimum Gasteiger partial charge on any atom is -0.469 e. The Morgan fingerprint density at radius 2 is 1.38 bits per heavy atom. The average Bonchev–Trinajstić information content (AvgIpc) is 3.20. The van der Waals surface area contributed by atoms with Crippen molar-refractivity contribution in [3.63, 3.8) is 0 Å². The van der Waals surface area contributed by atoms with Crippen LogP contribution in [0.4, 0.5) is 0 Å². The van der Waals surface area contributed by atoms with E-state index in [1.54, 1.807) is 68.4 Å². The molecule has 2 aromatic rings. The molecule has 0 radical (unpaired) electrons. The summed E-state index contributed by atoms with van der Waals surface area (Å²) < 4.78 is 15.7. The second kappa shape index (κ2) is 11.1. The maximum absolute atomic E-state index is 13.9. The Morgan fingerprint density at radius 3 is 1.88 bits per heavy atom. The lowest BCUT2D eigenvalue weighted by molar-refractivity contribution is -0.173. The minimum absolute atomic E-state index is 0.0560. The quantitative estimate of drug-likeness (QED) is 0.239. The van der Waals surface area contributed by atoms with Crippen LogP contribution in [0, 0.1) is 17.3 Å². The molecule has 180 valence electrons. The molecule has 0 spiro atoms. The smallest absolute Gasteiger partial charge is 0.324 e. The lowest BCUT2D eigenvalue weighted by Crippen LogP contribution is -2.45. The Kier molecular flexibility index (Phi) is 8.21. The van der Waals surface area contributed by atoms with Crippen molar-refractivity contribution in [3.8, 4) is 0 Å². The Morgan fingerprint density at radius 1 is 0.853 bits per heavy atom. The Labute approximate surface area is 199 Å². The molecule has 0 saturated heterocycles. The third kappa shape index (κ3) is 4.74. The SMILES string of the molecule is CCOC(=O)C1(C(=O)OCC)C[C@H](CC(=O)OC)[C@@H](C(=O)c2ccccc2)[C@H]1c1ccccc1. The molecule has 7 nitrogen and oxygen atoms in total. The zero-order valence-electron chi connectivity index (χ0n) is 19.7. The molecular formula is C27H30O7. The molecule has 3 atom stereocenters. The number of ether oxygens (including phenoxy) is 3. The summed E-state index contributed by atoms with van der Waals surface area (Å²) in [6, 6.07) is 17.6. The van der Waals surface area contributed by atoms with Crippen LogP contribution in [-0.2, 0) is 28.6 Å². The van der Waals surface area contributed by atoms with E-state index in [9.17, 15) is 19.2 Å². The van der Waals surface area contributed by atoms with Crippen molar-refractivity contribution in [1.82, 2.24) is 0 Å². The van der Waals surface area contributed by atoms with Crippen LogP contribution in [0.1, 0.15) is 48.5 Å². The van der Waals surface area contributed by atoms with Crippen molar-refractivity contribution in [3.05, 3.63) is 71.8 Å². The fraction of sp³-hybridized carbons (Fsp3) is 0.407. The van der Waals surface area contributed by atoms with Crippen LogP contribution in [0.15, 0.2) is 60.7 Å². The lowest BCUT2D eigenvalue weighted by atomic mass is 9.70. The van der Waals surface area contributed by atoms with E-state index >= 15 is 0 Å². The third-order valence-electron chi connectivity index (χ3n) is 6.44. The highest BCUT2D eigenvalue weighted by atomic mass is 16.6. The number of benzene rings is 2. The maximum atomic E-state index is 13.9. The van der Waals surface area contributed by atoms with Gasteiger partial charge in [-0.05, 0) is 31.7 Å². The Bertz CT molecular complexity index is 998. The van der Waals surface area contributed by atoms with Crippen molar-refractivity contribution in [2.24, 2.45) is 17.3 Å². The van der Waals surface area contributed by atoms with Gasteiger partial charge in [-0.2, -0.15) is 0 Å². The Hall–Kier alpha value is -3.48. The van der Waals surface area contributed by atoms with Gasteiger partial charge in [0.2, 0.25) is 0 Å². The Balaban J connectivity index is 2.26. The summed E-state index contributed by atoms with van der Waals surface area (Å²) in [6.45, 7) is 3.42. The summed E-state index contributed by atoms with van der Waals surface area (Å²) in [4.78, 5) is 53.3. The second-order valence-corrected chi connectivity index (χ2v) is 8.30. The lowest BCUT2D eigenvalue weighted by Gasteiger charge is -2.33. The average molecular weight is 467 g/mol. The van der Waals surface area contributed by atoms with E-state index < -0.39 is 41.1 Å². The number of esters is 3. The minimum atomic E-state index is -1.78. The maximum Gasteiger partial charge on any atom is 0.324 e. The molecule has 1 aliphatic carbocycles. The van der Waals surface area contributed by atoms with Gasteiger partial charge in [-0.1, -0.05) is 60.7 Å². The summed E-state index contributed by atoms with van der Waals surface area (Å²) in [7, 11) is 1.27. The highest BCUT2D eigenvalue weighted by Crippen LogP contribution is 2.58. The van der Waals surface area contributed by atoms with Crippen LogP contribution in [0.25, 0.3) is 0 Å². The molecule has 1 aliphatic rings. The van der Waals surface area contributed by atoms with Gasteiger partial charge in [0.05, 0.1) is 20.3 Å². The van der Waals surface area contributed by atoms with Gasteiger partial charge in [-0.25, -0.2) is 0 Å². The summed E-state index contributed by atoms with van der Waals surface area (Å²) in [5, 5.41) is 0. The van der Waals surface area contributed by atoms with Gasteiger partial charge in [0.25, 0.3) is 0 Å². The molecule has 0 bridgehead atoms. The summed E-state index contributed by atoms with van der Waals surface area (Å²) in [6.07, 6.45) is -0.188. The van der Waals surface area contributed by atoms with E-state index in [4.69, 9.17) is 14.2 Å². The number of methoxy groups -OCH3 is 1. The van der Waals surface area contributed by atoms with E-state index in [1.807, 2.05) is 6.07 Å². The summed E-state index contributed by atoms with van der Waals surface area (Å²) in [5.74, 6) is -4.64. The number of carbonyl (C=O) groups excluding carboxylic acids is 4. The predicted molar refractivity (Wildman–Crippen MR) is 124 cm³/mol. The second-order valence-electron chi connectivity index (χ2n) is 8.30. The van der Waals surface area contributed by atoms with Crippen LogP contribution < -0.4 is 0 Å². The van der Waals surface area contributed by atoms with E-state index in [0.717, 1.165) is 0 Å². The summed E-state index contributed by atoms with van der Waals surface area (Å²) in [5.41, 5.74) is -0.710. The van der Waals surface area contributed by atoms with Crippen molar-refractivity contribution in [1.29, 1.82) is 0 Å². The highest BCUT2D eigenvalue weighted by molar-refractivity contribution is 6.06. The molecular weight excluding hydrogens is 436 g/mol. The number of ketones is 1. The number of rotatable bonds is 9. The molecule has 0 heterocycles. The number of hydrogen-bond donors (Lipinski definition) is 0. The van der Waals surface area contributed by atoms with Gasteiger partial charge in [-0.15, -0.1) is 0 Å². The van der Waals surface area contributed by atoms with Crippen LogP contribution >= 0.6 is 0 Å². The van der Waals surface area contributed by atoms with E-state index in [0.29, 0.717) is 11.1 Å². The van der Waals surface area contributed by atoms with Gasteiger partial charge < -0.3 is 14.2 Å². The number of carbonyl (C=O) groups is 4. The zero-order chi connectivity index (χ0) is 24.7. The first-order valence-corrected chi connectivity index (χ1v) is 11.5. The number of Topliss-reactive ketones (excluding diaryl/α,β-unsaturated/α-hetero) is 1. The van der Waals surface area contributed by atoms with Crippen molar-refractivity contribution in [2.45, 2.75) is 32.6 Å². The fourth-order valence-corrected chi connectivity index (χ4v) is 5.08. The normalized spacial score (nSPS) is 20.9. The molecule has 0 N–H and O–H groups in total. The van der Waals surface area contributed by atoms with Crippen molar-refractivity contribution >= 4 is 23.7 Å². The molecule has 1 saturated carbocycles. The zero-order valence-corrected chi connectivity index (χ0v) is 19.7. The molecule has 1 fully saturated rings. The van der Waals surface area contributed by atoms with Gasteiger partial charge >= 0.3 is 17.9 Å². The molecule has 0 aliphatic heterocycles. The first kappa shape index (κ1) is 25.1. The van der Waals surface area contributed by atoms with Crippen LogP contribution in [0.2, 0.25) is 0 Å². The topological polar surface area (TPSA) is 96.0 Å². The van der Waals surface area contributed by atoms with Gasteiger partial charge in [0, 0.05) is 23.8 Å². The monoisotopic (exact) mass is 466 g/mol. The molecule has 0 unspecified atom stereocenters. The molecule has 2 aromatic carbocycles. The van der Waals surface area contributed by atoms with Crippen molar-refractivity contribution < 1.29 is 33.4 Å². The molecule has 3 rings (SSSR count). The predicted octanol–water partition coefficient (Wildman–Crippen LogP) is 3.96. The van der Waals surface area contributed by atoms with Crippen molar-refractivity contribution in [2.75, 3.05) is 20.3 Å². The van der Waals surface area contributed by atoms with Crippen LogP contribution in [-0.4, -0.2) is 44.0 Å². The first-order chi connectivity index (χ1) is 16.4. The highest BCUT2D eigenvalue weighted by Gasteiger charge is 2.66.